The fourth-order valence-corrected chi connectivity index (χ4v) is 1.52. The van der Waals surface area contributed by atoms with E-state index in [2.05, 4.69) is 20.9 Å². The fraction of sp³-hybridized carbons (Fsp3) is 0.222. The van der Waals surface area contributed by atoms with Crippen molar-refractivity contribution in [3.63, 3.8) is 0 Å². The summed E-state index contributed by atoms with van der Waals surface area (Å²) in [7, 11) is 0. The van der Waals surface area contributed by atoms with Crippen molar-refractivity contribution in [3.05, 3.63) is 27.5 Å². The first-order chi connectivity index (χ1) is 7.45. The summed E-state index contributed by atoms with van der Waals surface area (Å²) in [4.78, 5) is 13.9. The van der Waals surface area contributed by atoms with Gasteiger partial charge in [0, 0.05) is 4.47 Å². The van der Waals surface area contributed by atoms with Crippen LogP contribution in [0.15, 0.2) is 10.5 Å². The molecule has 1 aromatic heterocycles. The Morgan fingerprint density at radius 2 is 2.31 bits per heavy atom. The molecule has 0 aromatic carbocycles. The van der Waals surface area contributed by atoms with Crippen LogP contribution in [0.2, 0.25) is 0 Å². The molecule has 84 valence electrons. The van der Waals surface area contributed by atoms with Gasteiger partial charge in [-0.2, -0.15) is 5.26 Å². The molecule has 0 aliphatic heterocycles. The Morgan fingerprint density at radius 3 is 2.75 bits per heavy atom. The van der Waals surface area contributed by atoms with Gasteiger partial charge in [-0.25, -0.2) is 13.8 Å². The van der Waals surface area contributed by atoms with Gasteiger partial charge in [0.25, 0.3) is 6.43 Å². The Bertz CT molecular complexity index is 471. The molecule has 1 N–H and O–H groups in total. The van der Waals surface area contributed by atoms with Crippen LogP contribution in [0.3, 0.4) is 0 Å². The van der Waals surface area contributed by atoms with Crippen LogP contribution >= 0.6 is 15.9 Å². The van der Waals surface area contributed by atoms with Crippen molar-refractivity contribution in [1.29, 1.82) is 5.26 Å². The van der Waals surface area contributed by atoms with Gasteiger partial charge >= 0.3 is 5.97 Å². The average molecular weight is 291 g/mol. The van der Waals surface area contributed by atoms with Gasteiger partial charge in [-0.05, 0) is 22.0 Å². The van der Waals surface area contributed by atoms with Gasteiger partial charge < -0.3 is 5.11 Å². The molecule has 0 saturated heterocycles. The van der Waals surface area contributed by atoms with E-state index in [9.17, 15) is 13.6 Å². The van der Waals surface area contributed by atoms with Crippen LogP contribution in [-0.2, 0) is 11.2 Å². The SMILES string of the molecule is N#Cc1cc(Br)c(CC(=O)O)nc1C(F)F. The second-order valence-electron chi connectivity index (χ2n) is 2.83. The van der Waals surface area contributed by atoms with Crippen LogP contribution in [0.4, 0.5) is 8.78 Å². The van der Waals surface area contributed by atoms with Gasteiger partial charge in [-0.15, -0.1) is 0 Å². The largest absolute Gasteiger partial charge is 0.481 e. The minimum atomic E-state index is -2.91. The zero-order valence-electron chi connectivity index (χ0n) is 7.75. The van der Waals surface area contributed by atoms with Crippen molar-refractivity contribution in [2.24, 2.45) is 0 Å². The third-order valence-corrected chi connectivity index (χ3v) is 2.41. The van der Waals surface area contributed by atoms with E-state index in [1.54, 1.807) is 6.07 Å². The number of carboxylic acid groups (broad SMARTS) is 1. The zero-order chi connectivity index (χ0) is 12.3. The summed E-state index contributed by atoms with van der Waals surface area (Å²) in [6.45, 7) is 0. The minimum Gasteiger partial charge on any atom is -0.481 e. The summed E-state index contributed by atoms with van der Waals surface area (Å²) in [5.74, 6) is -1.18. The molecule has 0 fully saturated rings. The van der Waals surface area contributed by atoms with E-state index in [0.29, 0.717) is 0 Å². The fourth-order valence-electron chi connectivity index (χ4n) is 1.07. The lowest BCUT2D eigenvalue weighted by Crippen LogP contribution is -2.07. The van der Waals surface area contributed by atoms with Crippen molar-refractivity contribution in [2.75, 3.05) is 0 Å². The molecule has 4 nitrogen and oxygen atoms in total. The number of carbonyl (C=O) groups is 1. The maximum atomic E-state index is 12.5. The molecule has 16 heavy (non-hydrogen) atoms. The normalized spacial score (nSPS) is 10.2. The van der Waals surface area contributed by atoms with Crippen LogP contribution in [0.5, 0.6) is 0 Å². The number of aromatic nitrogens is 1. The number of nitriles is 1. The second kappa shape index (κ2) is 4.99. The lowest BCUT2D eigenvalue weighted by atomic mass is 10.1. The van der Waals surface area contributed by atoms with Gasteiger partial charge in [0.2, 0.25) is 0 Å². The van der Waals surface area contributed by atoms with Crippen LogP contribution < -0.4 is 0 Å². The summed E-state index contributed by atoms with van der Waals surface area (Å²) < 4.78 is 25.2. The number of rotatable bonds is 3. The Labute approximate surface area is 97.7 Å². The number of carboxylic acids is 1. The third-order valence-electron chi connectivity index (χ3n) is 1.72. The summed E-state index contributed by atoms with van der Waals surface area (Å²) in [6.07, 6.45) is -3.39. The molecular weight excluding hydrogens is 286 g/mol. The van der Waals surface area contributed by atoms with Crippen molar-refractivity contribution < 1.29 is 18.7 Å². The Hall–Kier alpha value is -1.55. The first kappa shape index (κ1) is 12.5. The molecular formula is C9H5BrF2N2O2. The summed E-state index contributed by atoms with van der Waals surface area (Å²) >= 11 is 2.98. The second-order valence-corrected chi connectivity index (χ2v) is 3.69. The maximum Gasteiger partial charge on any atom is 0.309 e. The van der Waals surface area contributed by atoms with Gasteiger partial charge in [0.1, 0.15) is 11.8 Å². The number of pyridine rings is 1. The first-order valence-corrected chi connectivity index (χ1v) is 4.84. The Kier molecular flexibility index (Phi) is 3.90. The smallest absolute Gasteiger partial charge is 0.309 e. The summed E-state index contributed by atoms with van der Waals surface area (Å²) in [6, 6.07) is 2.72. The molecule has 0 unspecified atom stereocenters. The molecule has 0 radical (unpaired) electrons. The molecule has 0 spiro atoms. The first-order valence-electron chi connectivity index (χ1n) is 4.05. The van der Waals surface area contributed by atoms with Crippen LogP contribution in [0.1, 0.15) is 23.4 Å². The quantitative estimate of drug-likeness (QED) is 0.927. The topological polar surface area (TPSA) is 74.0 Å². The molecule has 1 rings (SSSR count). The van der Waals surface area contributed by atoms with E-state index in [1.165, 1.54) is 0 Å². The third kappa shape index (κ3) is 2.73. The number of nitrogens with zero attached hydrogens (tertiary/aromatic N) is 2. The van der Waals surface area contributed by atoms with Gasteiger partial charge in [0.05, 0.1) is 17.7 Å². The van der Waals surface area contributed by atoms with Crippen molar-refractivity contribution in [2.45, 2.75) is 12.8 Å². The van der Waals surface area contributed by atoms with E-state index in [-0.39, 0.29) is 15.7 Å². The predicted molar refractivity (Wildman–Crippen MR) is 52.9 cm³/mol. The molecule has 0 saturated carbocycles. The van der Waals surface area contributed by atoms with Crippen molar-refractivity contribution >= 4 is 21.9 Å². The summed E-state index contributed by atoms with van der Waals surface area (Å²) in [5.41, 5.74) is -0.986. The molecule has 1 aromatic rings. The Balaban J connectivity index is 3.28. The molecule has 0 aliphatic rings. The van der Waals surface area contributed by atoms with Crippen LogP contribution in [-0.4, -0.2) is 16.1 Å². The molecule has 0 aliphatic carbocycles. The van der Waals surface area contributed by atoms with Crippen molar-refractivity contribution in [3.8, 4) is 6.07 Å². The molecule has 0 bridgehead atoms. The summed E-state index contributed by atoms with van der Waals surface area (Å²) in [5, 5.41) is 17.1. The minimum absolute atomic E-state index is 0.0261. The van der Waals surface area contributed by atoms with Gasteiger partial charge in [-0.3, -0.25) is 4.79 Å². The highest BCUT2D eigenvalue weighted by Crippen LogP contribution is 2.25. The van der Waals surface area contributed by atoms with Crippen LogP contribution in [0.25, 0.3) is 0 Å². The number of halogens is 3. The van der Waals surface area contributed by atoms with Gasteiger partial charge in [0.15, 0.2) is 0 Å². The molecule has 0 amide bonds. The molecule has 1 heterocycles. The highest BCUT2D eigenvalue weighted by Gasteiger charge is 2.19. The predicted octanol–water partition coefficient (Wildman–Crippen LogP) is 2.28. The lowest BCUT2D eigenvalue weighted by molar-refractivity contribution is -0.136. The van der Waals surface area contributed by atoms with Gasteiger partial charge in [-0.1, -0.05) is 0 Å². The zero-order valence-corrected chi connectivity index (χ0v) is 9.33. The lowest BCUT2D eigenvalue weighted by Gasteiger charge is -2.06. The van der Waals surface area contributed by atoms with E-state index < -0.39 is 24.5 Å². The average Bonchev–Trinajstić information content (AvgIpc) is 2.19. The van der Waals surface area contributed by atoms with E-state index >= 15 is 0 Å². The van der Waals surface area contributed by atoms with E-state index in [0.717, 1.165) is 6.07 Å². The van der Waals surface area contributed by atoms with E-state index in [1.807, 2.05) is 0 Å². The maximum absolute atomic E-state index is 12.5. The van der Waals surface area contributed by atoms with E-state index in [4.69, 9.17) is 10.4 Å². The Morgan fingerprint density at radius 1 is 1.69 bits per heavy atom. The van der Waals surface area contributed by atoms with Crippen molar-refractivity contribution in [1.82, 2.24) is 4.98 Å². The monoisotopic (exact) mass is 290 g/mol. The number of hydrogen-bond donors (Lipinski definition) is 1. The number of aliphatic carboxylic acids is 1. The molecule has 7 heteroatoms. The van der Waals surface area contributed by atoms with Crippen LogP contribution in [0, 0.1) is 11.3 Å². The molecule has 0 atom stereocenters. The highest BCUT2D eigenvalue weighted by atomic mass is 79.9. The number of hydrogen-bond acceptors (Lipinski definition) is 3. The standard InChI is InChI=1S/C9H5BrF2N2O2/c10-5-1-4(3-13)8(9(11)12)14-6(5)2-7(15)16/h1,9H,2H2,(H,15,16). The highest BCUT2D eigenvalue weighted by molar-refractivity contribution is 9.10. The number of alkyl halides is 2.